The lowest BCUT2D eigenvalue weighted by molar-refractivity contribution is 0.140. The fourth-order valence-corrected chi connectivity index (χ4v) is 5.30. The van der Waals surface area contributed by atoms with Crippen LogP contribution in [0.5, 0.6) is 0 Å². The van der Waals surface area contributed by atoms with Gasteiger partial charge in [0.1, 0.15) is 0 Å². The van der Waals surface area contributed by atoms with Crippen LogP contribution in [0.4, 0.5) is 0 Å². The van der Waals surface area contributed by atoms with Crippen LogP contribution in [-0.4, -0.2) is 27.8 Å². The summed E-state index contributed by atoms with van der Waals surface area (Å²) in [6.45, 7) is 1.96. The van der Waals surface area contributed by atoms with Crippen molar-refractivity contribution in [3.05, 3.63) is 89.8 Å². The Kier molecular flexibility index (Phi) is 8.27. The van der Waals surface area contributed by atoms with Gasteiger partial charge in [0, 0.05) is 24.9 Å². The second-order valence-electron chi connectivity index (χ2n) is 9.32. The molecule has 3 N–H and O–H groups in total. The Morgan fingerprint density at radius 3 is 2.69 bits per heavy atom. The van der Waals surface area contributed by atoms with Crippen LogP contribution >= 0.6 is 0 Å². The monoisotopic (exact) mass is 432 g/mol. The Balaban J connectivity index is 1.16. The molecule has 0 saturated heterocycles. The average Bonchev–Trinajstić information content (AvgIpc) is 3.34. The maximum atomic E-state index is 10.6. The molecular weight excluding hydrogens is 396 g/mol. The number of benzene rings is 1. The minimum Gasteiger partial charge on any atom is -0.392 e. The number of allylic oxidation sites excluding steroid dienone is 2. The van der Waals surface area contributed by atoms with E-state index in [1.165, 1.54) is 31.2 Å². The summed E-state index contributed by atoms with van der Waals surface area (Å²) in [5.41, 5.74) is 3.75. The Morgan fingerprint density at radius 2 is 1.88 bits per heavy atom. The van der Waals surface area contributed by atoms with E-state index in [9.17, 15) is 10.2 Å². The highest BCUT2D eigenvalue weighted by atomic mass is 16.3. The lowest BCUT2D eigenvalue weighted by Gasteiger charge is -2.19. The van der Waals surface area contributed by atoms with Crippen LogP contribution in [0.15, 0.2) is 78.7 Å². The van der Waals surface area contributed by atoms with Crippen LogP contribution in [0.2, 0.25) is 0 Å². The summed E-state index contributed by atoms with van der Waals surface area (Å²) in [6, 6.07) is 13.8. The number of hydrogen-bond acceptors (Lipinski definition) is 4. The molecule has 170 valence electrons. The maximum absolute atomic E-state index is 10.6. The van der Waals surface area contributed by atoms with Crippen molar-refractivity contribution in [1.29, 1.82) is 0 Å². The molecule has 0 radical (unpaired) electrons. The van der Waals surface area contributed by atoms with Gasteiger partial charge in [-0.1, -0.05) is 60.6 Å². The van der Waals surface area contributed by atoms with Crippen LogP contribution in [0.1, 0.15) is 55.8 Å². The second kappa shape index (κ2) is 11.6. The molecule has 0 bridgehead atoms. The average molecular weight is 433 g/mol. The summed E-state index contributed by atoms with van der Waals surface area (Å²) in [6.07, 6.45) is 15.9. The molecule has 0 unspecified atom stereocenters. The van der Waals surface area contributed by atoms with Crippen LogP contribution in [0.25, 0.3) is 0 Å². The quantitative estimate of drug-likeness (QED) is 0.347. The third-order valence-electron chi connectivity index (χ3n) is 7.04. The predicted octanol–water partition coefficient (Wildman–Crippen LogP) is 4.96. The molecule has 1 heterocycles. The van der Waals surface area contributed by atoms with E-state index in [1.807, 2.05) is 48.8 Å². The molecule has 2 aromatic rings. The van der Waals surface area contributed by atoms with Gasteiger partial charge in [-0.2, -0.15) is 0 Å². The fourth-order valence-electron chi connectivity index (χ4n) is 5.30. The molecule has 4 rings (SSSR count). The summed E-state index contributed by atoms with van der Waals surface area (Å²) in [5, 5.41) is 24.5. The number of fused-ring (bicyclic) bond motifs is 1. The zero-order chi connectivity index (χ0) is 22.2. The number of nitrogens with one attached hydrogen (secondary N) is 1. The van der Waals surface area contributed by atoms with E-state index < -0.39 is 6.10 Å². The van der Waals surface area contributed by atoms with Crippen molar-refractivity contribution in [3.63, 3.8) is 0 Å². The van der Waals surface area contributed by atoms with Gasteiger partial charge in [0.25, 0.3) is 0 Å². The minimum absolute atomic E-state index is 0.143. The number of aliphatic hydroxyl groups excluding tert-OH is 2. The molecule has 0 aliphatic heterocycles. The molecule has 1 aromatic carbocycles. The van der Waals surface area contributed by atoms with E-state index in [2.05, 4.69) is 34.6 Å². The van der Waals surface area contributed by atoms with Crippen molar-refractivity contribution in [2.45, 2.75) is 57.3 Å². The van der Waals surface area contributed by atoms with Gasteiger partial charge in [0.05, 0.1) is 12.2 Å². The van der Waals surface area contributed by atoms with Crippen molar-refractivity contribution < 1.29 is 10.2 Å². The van der Waals surface area contributed by atoms with Gasteiger partial charge in [0.15, 0.2) is 0 Å². The first-order valence-electron chi connectivity index (χ1n) is 12.1. The summed E-state index contributed by atoms with van der Waals surface area (Å²) < 4.78 is 0. The Hall–Kier alpha value is -2.27. The highest BCUT2D eigenvalue weighted by Crippen LogP contribution is 2.48. The second-order valence-corrected chi connectivity index (χ2v) is 9.32. The Morgan fingerprint density at radius 1 is 1.06 bits per heavy atom. The Bertz CT molecular complexity index is 881. The fraction of sp³-hybridized carbons (Fsp3) is 0.464. The normalized spacial score (nSPS) is 25.8. The summed E-state index contributed by atoms with van der Waals surface area (Å²) >= 11 is 0. The third-order valence-corrected chi connectivity index (χ3v) is 7.04. The van der Waals surface area contributed by atoms with Crippen molar-refractivity contribution >= 4 is 0 Å². The number of hydrogen-bond donors (Lipinski definition) is 3. The predicted molar refractivity (Wildman–Crippen MR) is 129 cm³/mol. The summed E-state index contributed by atoms with van der Waals surface area (Å²) in [7, 11) is 0. The van der Waals surface area contributed by atoms with Crippen LogP contribution < -0.4 is 5.32 Å². The smallest absolute Gasteiger partial charge is 0.0971 e. The molecular formula is C28H36N2O2. The van der Waals surface area contributed by atoms with Gasteiger partial charge in [-0.05, 0) is 73.7 Å². The van der Waals surface area contributed by atoms with Gasteiger partial charge >= 0.3 is 0 Å². The minimum atomic E-state index is -0.608. The van der Waals surface area contributed by atoms with Crippen molar-refractivity contribution in [3.8, 4) is 0 Å². The summed E-state index contributed by atoms with van der Waals surface area (Å²) in [4.78, 5) is 4.05. The molecule has 2 aliphatic rings. The lowest BCUT2D eigenvalue weighted by Crippen LogP contribution is -2.17. The van der Waals surface area contributed by atoms with E-state index in [0.717, 1.165) is 31.5 Å². The number of unbranched alkanes of at least 4 members (excludes halogenated alkanes) is 2. The molecule has 0 amide bonds. The van der Waals surface area contributed by atoms with Crippen molar-refractivity contribution in [1.82, 2.24) is 10.3 Å². The zero-order valence-corrected chi connectivity index (χ0v) is 18.8. The standard InChI is InChI=1S/C28H36N2O2/c31-27(23-8-4-1-5-9-23)11-10-25-26-18-22(17-24(26)19-28(25)32)7-3-2-6-14-30-20-21-12-15-29-16-13-21/h1,4-5,8-13,15-17,24-28,30-32H,2-3,6-7,14,18-20H2/t24-,25+,26-,27+,28+/m0/s1. The SMILES string of the molecule is O[C@H](C=C[C@@H]1[C@H]2CC(CCCCCNCc3ccncc3)=C[C@H]2C[C@H]1O)c1ccccc1. The molecule has 1 fully saturated rings. The van der Waals surface area contributed by atoms with E-state index >= 15 is 0 Å². The van der Waals surface area contributed by atoms with Crippen molar-refractivity contribution in [2.24, 2.45) is 17.8 Å². The molecule has 4 heteroatoms. The summed E-state index contributed by atoms with van der Waals surface area (Å²) in [5.74, 6) is 1.12. The number of nitrogens with zero attached hydrogens (tertiary/aromatic N) is 1. The highest BCUT2D eigenvalue weighted by molar-refractivity contribution is 5.24. The van der Waals surface area contributed by atoms with Crippen molar-refractivity contribution in [2.75, 3.05) is 6.54 Å². The molecule has 5 atom stereocenters. The van der Waals surface area contributed by atoms with E-state index in [0.29, 0.717) is 11.8 Å². The molecule has 32 heavy (non-hydrogen) atoms. The third kappa shape index (κ3) is 6.16. The van der Waals surface area contributed by atoms with E-state index in [4.69, 9.17) is 0 Å². The van der Waals surface area contributed by atoms with Crippen LogP contribution in [-0.2, 0) is 6.54 Å². The van der Waals surface area contributed by atoms with Gasteiger partial charge in [-0.15, -0.1) is 0 Å². The van der Waals surface area contributed by atoms with Crippen LogP contribution in [0, 0.1) is 17.8 Å². The largest absolute Gasteiger partial charge is 0.392 e. The van der Waals surface area contributed by atoms with Crippen LogP contribution in [0.3, 0.4) is 0 Å². The Labute approximate surface area is 192 Å². The number of rotatable bonds is 11. The van der Waals surface area contributed by atoms with Gasteiger partial charge in [0.2, 0.25) is 0 Å². The first kappa shape index (κ1) is 22.9. The number of aromatic nitrogens is 1. The zero-order valence-electron chi connectivity index (χ0n) is 18.8. The molecule has 0 spiro atoms. The lowest BCUT2D eigenvalue weighted by atomic mass is 9.88. The number of pyridine rings is 1. The maximum Gasteiger partial charge on any atom is 0.0971 e. The topological polar surface area (TPSA) is 65.4 Å². The van der Waals surface area contributed by atoms with E-state index in [1.54, 1.807) is 5.57 Å². The molecule has 4 nitrogen and oxygen atoms in total. The first-order chi connectivity index (χ1) is 15.7. The van der Waals surface area contributed by atoms with Gasteiger partial charge in [-0.3, -0.25) is 4.98 Å². The van der Waals surface area contributed by atoms with Gasteiger partial charge < -0.3 is 15.5 Å². The highest BCUT2D eigenvalue weighted by Gasteiger charge is 2.43. The molecule has 1 aromatic heterocycles. The molecule has 2 aliphatic carbocycles. The van der Waals surface area contributed by atoms with E-state index in [-0.39, 0.29) is 12.0 Å². The molecule has 1 saturated carbocycles. The first-order valence-corrected chi connectivity index (χ1v) is 12.1. The number of aliphatic hydroxyl groups is 2. The van der Waals surface area contributed by atoms with Gasteiger partial charge in [-0.25, -0.2) is 0 Å².